The highest BCUT2D eigenvalue weighted by atomic mass is 16.5. The molecule has 1 aromatic carbocycles. The molecule has 2 saturated heterocycles. The van der Waals surface area contributed by atoms with E-state index >= 15 is 0 Å². The first-order valence-electron chi connectivity index (χ1n) is 11.7. The van der Waals surface area contributed by atoms with Crippen LogP contribution in [0.1, 0.15) is 49.9 Å². The van der Waals surface area contributed by atoms with Gasteiger partial charge < -0.3 is 20.3 Å². The van der Waals surface area contributed by atoms with Crippen molar-refractivity contribution < 1.29 is 23.9 Å². The molecule has 180 valence electrons. The number of likely N-dealkylation sites (tertiary alicyclic amines) is 1. The Morgan fingerprint density at radius 2 is 1.79 bits per heavy atom. The monoisotopic (exact) mass is 458 g/mol. The number of hydrogen-bond donors (Lipinski definition) is 2. The second-order valence-corrected chi connectivity index (χ2v) is 9.04. The summed E-state index contributed by atoms with van der Waals surface area (Å²) in [6.07, 6.45) is 3.13. The maximum absolute atomic E-state index is 12.6. The average Bonchev–Trinajstić information content (AvgIpc) is 2.80. The highest BCUT2D eigenvalue weighted by Crippen LogP contribution is 2.16. The summed E-state index contributed by atoms with van der Waals surface area (Å²) < 4.78 is 5.20. The van der Waals surface area contributed by atoms with Crippen LogP contribution in [-0.2, 0) is 19.1 Å². The number of anilines is 1. The van der Waals surface area contributed by atoms with Crippen LogP contribution in [0, 0.1) is 5.92 Å². The second-order valence-electron chi connectivity index (χ2n) is 9.04. The summed E-state index contributed by atoms with van der Waals surface area (Å²) in [4.78, 5) is 53.2. The van der Waals surface area contributed by atoms with Crippen molar-refractivity contribution in [2.45, 2.75) is 45.6 Å². The molecular weight excluding hydrogens is 424 g/mol. The summed E-state index contributed by atoms with van der Waals surface area (Å²) in [6, 6.07) is 6.11. The van der Waals surface area contributed by atoms with Gasteiger partial charge in [0.05, 0.1) is 19.6 Å². The van der Waals surface area contributed by atoms with Gasteiger partial charge in [-0.05, 0) is 49.4 Å². The third kappa shape index (κ3) is 7.28. The third-order valence-electron chi connectivity index (χ3n) is 5.78. The van der Waals surface area contributed by atoms with Gasteiger partial charge in [-0.15, -0.1) is 0 Å². The zero-order valence-corrected chi connectivity index (χ0v) is 19.5. The molecule has 9 heteroatoms. The van der Waals surface area contributed by atoms with E-state index in [1.54, 1.807) is 29.2 Å². The van der Waals surface area contributed by atoms with Gasteiger partial charge in [0.2, 0.25) is 11.8 Å². The van der Waals surface area contributed by atoms with E-state index in [0.29, 0.717) is 30.9 Å². The Labute approximate surface area is 194 Å². The van der Waals surface area contributed by atoms with Crippen LogP contribution >= 0.6 is 0 Å². The first-order valence-corrected chi connectivity index (χ1v) is 11.7. The molecule has 0 saturated carbocycles. The number of nitrogens with zero attached hydrogens (tertiary/aromatic N) is 2. The molecule has 2 fully saturated rings. The first kappa shape index (κ1) is 24.7. The lowest BCUT2D eigenvalue weighted by Crippen LogP contribution is -2.57. The van der Waals surface area contributed by atoms with Crippen LogP contribution in [0.4, 0.5) is 5.69 Å². The van der Waals surface area contributed by atoms with Crippen LogP contribution in [0.3, 0.4) is 0 Å². The predicted molar refractivity (Wildman–Crippen MR) is 124 cm³/mol. The molecule has 1 aromatic rings. The number of carbonyl (C=O) groups excluding carboxylic acids is 4. The number of benzene rings is 1. The fourth-order valence-corrected chi connectivity index (χ4v) is 4.01. The topological polar surface area (TPSA) is 108 Å². The smallest absolute Gasteiger partial charge is 0.307 e. The molecule has 33 heavy (non-hydrogen) atoms. The number of piperidine rings is 1. The van der Waals surface area contributed by atoms with E-state index < -0.39 is 12.0 Å². The van der Waals surface area contributed by atoms with E-state index in [2.05, 4.69) is 10.6 Å². The van der Waals surface area contributed by atoms with Crippen LogP contribution < -0.4 is 10.6 Å². The van der Waals surface area contributed by atoms with Crippen molar-refractivity contribution in [1.82, 2.24) is 15.1 Å². The van der Waals surface area contributed by atoms with Gasteiger partial charge >= 0.3 is 5.97 Å². The van der Waals surface area contributed by atoms with Crippen molar-refractivity contribution in [1.29, 1.82) is 0 Å². The Bertz CT molecular complexity index is 849. The van der Waals surface area contributed by atoms with Crippen molar-refractivity contribution in [2.75, 3.05) is 44.6 Å². The molecule has 3 rings (SSSR count). The zero-order chi connectivity index (χ0) is 23.8. The number of amides is 3. The molecule has 2 aliphatic heterocycles. The van der Waals surface area contributed by atoms with E-state index in [1.165, 1.54) is 0 Å². The quantitative estimate of drug-likeness (QED) is 0.574. The van der Waals surface area contributed by atoms with Crippen LogP contribution in [0.2, 0.25) is 0 Å². The van der Waals surface area contributed by atoms with Crippen LogP contribution in [0.25, 0.3) is 0 Å². The van der Waals surface area contributed by atoms with Crippen molar-refractivity contribution in [3.05, 3.63) is 29.8 Å². The van der Waals surface area contributed by atoms with E-state index in [1.807, 2.05) is 18.7 Å². The van der Waals surface area contributed by atoms with Crippen molar-refractivity contribution in [3.8, 4) is 0 Å². The summed E-state index contributed by atoms with van der Waals surface area (Å²) in [5.41, 5.74) is 1.17. The Kier molecular flexibility index (Phi) is 8.82. The number of carbonyl (C=O) groups is 4. The highest BCUT2D eigenvalue weighted by Gasteiger charge is 2.33. The first-order chi connectivity index (χ1) is 15.8. The maximum atomic E-state index is 12.6. The number of ether oxygens (including phenoxy) is 1. The number of piperazine rings is 1. The minimum atomic E-state index is -0.742. The van der Waals surface area contributed by atoms with Crippen LogP contribution in [0.5, 0.6) is 0 Å². The van der Waals surface area contributed by atoms with Crippen molar-refractivity contribution >= 4 is 29.4 Å². The van der Waals surface area contributed by atoms with Gasteiger partial charge in [0.25, 0.3) is 5.91 Å². The molecule has 1 unspecified atom stereocenters. The summed E-state index contributed by atoms with van der Waals surface area (Å²) in [7, 11) is 0. The molecular formula is C24H34N4O5. The van der Waals surface area contributed by atoms with Gasteiger partial charge in [-0.25, -0.2) is 0 Å². The molecule has 0 bridgehead atoms. The van der Waals surface area contributed by atoms with E-state index in [4.69, 9.17) is 4.74 Å². The number of esters is 1. The van der Waals surface area contributed by atoms with Gasteiger partial charge in [0.15, 0.2) is 0 Å². The summed E-state index contributed by atoms with van der Waals surface area (Å²) in [5.74, 6) is -0.807. The lowest BCUT2D eigenvalue weighted by atomic mass is 10.1. The molecule has 3 amide bonds. The SMILES string of the molecule is CC(C)COC(=O)CC1C(=O)NCCN1CC(=O)Nc1ccc(C(=O)N2CCCCC2)cc1. The molecule has 2 N–H and O–H groups in total. The minimum Gasteiger partial charge on any atom is -0.465 e. The largest absolute Gasteiger partial charge is 0.465 e. The Hall–Kier alpha value is -2.94. The van der Waals surface area contributed by atoms with Gasteiger partial charge in [-0.2, -0.15) is 0 Å². The number of rotatable bonds is 8. The summed E-state index contributed by atoms with van der Waals surface area (Å²) in [5, 5.41) is 5.55. The fraction of sp³-hybridized carbons (Fsp3) is 0.583. The minimum absolute atomic E-state index is 0.0131. The average molecular weight is 459 g/mol. The summed E-state index contributed by atoms with van der Waals surface area (Å²) >= 11 is 0. The number of nitrogens with one attached hydrogen (secondary N) is 2. The van der Waals surface area contributed by atoms with Crippen molar-refractivity contribution in [2.24, 2.45) is 5.92 Å². The second kappa shape index (κ2) is 11.8. The third-order valence-corrected chi connectivity index (χ3v) is 5.78. The zero-order valence-electron chi connectivity index (χ0n) is 19.5. The molecule has 0 spiro atoms. The Morgan fingerprint density at radius 1 is 1.09 bits per heavy atom. The molecule has 0 aromatic heterocycles. The Morgan fingerprint density at radius 3 is 2.45 bits per heavy atom. The maximum Gasteiger partial charge on any atom is 0.307 e. The lowest BCUT2D eigenvalue weighted by Gasteiger charge is -2.33. The van der Waals surface area contributed by atoms with Crippen molar-refractivity contribution in [3.63, 3.8) is 0 Å². The highest BCUT2D eigenvalue weighted by molar-refractivity contribution is 5.96. The Balaban J connectivity index is 1.54. The standard InChI is InChI=1S/C24H34N4O5/c1-17(2)16-33-22(30)14-20-23(31)25-10-13-28(20)15-21(29)26-19-8-6-18(7-9-19)24(32)27-11-4-3-5-12-27/h6-9,17,20H,3-5,10-16H2,1-2H3,(H,25,31)(H,26,29). The molecule has 2 aliphatic rings. The van der Waals surface area contributed by atoms with E-state index in [-0.39, 0.29) is 36.6 Å². The number of hydrogen-bond acceptors (Lipinski definition) is 6. The predicted octanol–water partition coefficient (Wildman–Crippen LogP) is 1.64. The fourth-order valence-electron chi connectivity index (χ4n) is 4.01. The summed E-state index contributed by atoms with van der Waals surface area (Å²) in [6.45, 7) is 6.59. The molecule has 2 heterocycles. The van der Waals surface area contributed by atoms with E-state index in [9.17, 15) is 19.2 Å². The molecule has 1 atom stereocenters. The van der Waals surface area contributed by atoms with E-state index in [0.717, 1.165) is 32.4 Å². The van der Waals surface area contributed by atoms with Crippen LogP contribution in [-0.4, -0.2) is 78.9 Å². The van der Waals surface area contributed by atoms with Gasteiger partial charge in [-0.3, -0.25) is 24.1 Å². The normalized spacial score (nSPS) is 19.2. The molecule has 0 aliphatic carbocycles. The lowest BCUT2D eigenvalue weighted by molar-refractivity contribution is -0.149. The van der Waals surface area contributed by atoms with Gasteiger partial charge in [-0.1, -0.05) is 13.8 Å². The van der Waals surface area contributed by atoms with Crippen LogP contribution in [0.15, 0.2) is 24.3 Å². The molecule has 9 nitrogen and oxygen atoms in total. The van der Waals surface area contributed by atoms with Gasteiger partial charge in [0.1, 0.15) is 6.04 Å². The molecule has 0 radical (unpaired) electrons. The van der Waals surface area contributed by atoms with Gasteiger partial charge in [0, 0.05) is 37.4 Å².